The van der Waals surface area contributed by atoms with Crippen molar-refractivity contribution in [2.45, 2.75) is 77.0 Å². The highest BCUT2D eigenvalue weighted by molar-refractivity contribution is 5.76. The van der Waals surface area contributed by atoms with E-state index in [1.54, 1.807) is 20.8 Å². The number of hydrogen-bond donors (Lipinski definition) is 2. The molecule has 0 aromatic carbocycles. The molecule has 2 N–H and O–H groups in total. The molecule has 1 fully saturated rings. The fourth-order valence-corrected chi connectivity index (χ4v) is 2.79. The van der Waals surface area contributed by atoms with Crippen molar-refractivity contribution in [3.05, 3.63) is 0 Å². The minimum atomic E-state index is -1.38. The summed E-state index contributed by atoms with van der Waals surface area (Å²) in [6.07, 6.45) is 4.18. The second-order valence-corrected chi connectivity index (χ2v) is 6.96. The Kier molecular flexibility index (Phi) is 7.13. The maximum atomic E-state index is 11.9. The third-order valence-electron chi connectivity index (χ3n) is 3.84. The average Bonchev–Trinajstić information content (AvgIpc) is 2.44. The molecule has 1 amide bonds. The van der Waals surface area contributed by atoms with Gasteiger partial charge < -0.3 is 19.9 Å². The molecular formula is C16H29NO5. The van der Waals surface area contributed by atoms with Gasteiger partial charge in [0.15, 0.2) is 6.10 Å². The van der Waals surface area contributed by atoms with Crippen molar-refractivity contribution in [3.63, 3.8) is 0 Å². The Labute approximate surface area is 132 Å². The van der Waals surface area contributed by atoms with Crippen LogP contribution in [0.3, 0.4) is 0 Å². The molecule has 1 aliphatic carbocycles. The number of alkyl carbamates (subject to hydrolysis) is 1. The molecule has 0 spiro atoms. The first-order valence-corrected chi connectivity index (χ1v) is 7.98. The monoisotopic (exact) mass is 315 g/mol. The van der Waals surface area contributed by atoms with E-state index in [4.69, 9.17) is 4.74 Å². The third kappa shape index (κ3) is 6.64. The van der Waals surface area contributed by atoms with Gasteiger partial charge in [0, 0.05) is 0 Å². The van der Waals surface area contributed by atoms with E-state index in [0.717, 1.165) is 25.7 Å². The van der Waals surface area contributed by atoms with Crippen LogP contribution in [0.4, 0.5) is 4.79 Å². The number of carbonyl (C=O) groups excluding carboxylic acids is 2. The Morgan fingerprint density at radius 3 is 2.32 bits per heavy atom. The summed E-state index contributed by atoms with van der Waals surface area (Å²) < 4.78 is 9.79. The van der Waals surface area contributed by atoms with Gasteiger partial charge in [0.05, 0.1) is 13.2 Å². The minimum Gasteiger partial charge on any atom is -0.467 e. The van der Waals surface area contributed by atoms with E-state index in [9.17, 15) is 14.7 Å². The van der Waals surface area contributed by atoms with Gasteiger partial charge in [-0.25, -0.2) is 9.59 Å². The van der Waals surface area contributed by atoms with Crippen LogP contribution in [0.1, 0.15) is 59.3 Å². The highest BCUT2D eigenvalue weighted by Gasteiger charge is 2.32. The fraction of sp³-hybridized carbons (Fsp3) is 0.875. The number of esters is 1. The van der Waals surface area contributed by atoms with Gasteiger partial charge in [-0.1, -0.05) is 32.1 Å². The quantitative estimate of drug-likeness (QED) is 0.761. The Balaban J connectivity index is 2.68. The Hall–Kier alpha value is -1.30. The minimum absolute atomic E-state index is 0.396. The van der Waals surface area contributed by atoms with E-state index in [0.29, 0.717) is 12.3 Å². The summed E-state index contributed by atoms with van der Waals surface area (Å²) in [5, 5.41) is 12.7. The molecule has 0 heterocycles. The van der Waals surface area contributed by atoms with E-state index < -0.39 is 29.8 Å². The van der Waals surface area contributed by atoms with Crippen LogP contribution in [0.15, 0.2) is 0 Å². The standard InChI is InChI=1S/C16H29NO5/c1-16(2,3)22-15(20)17-12(13(18)14(19)21-4)10-11-8-6-5-7-9-11/h11-13,18H,5-10H2,1-4H3,(H,17,20)/t12-,13?/m1/s1. The molecule has 0 aromatic rings. The van der Waals surface area contributed by atoms with Crippen molar-refractivity contribution in [2.75, 3.05) is 7.11 Å². The van der Waals surface area contributed by atoms with Crippen LogP contribution >= 0.6 is 0 Å². The topological polar surface area (TPSA) is 84.9 Å². The van der Waals surface area contributed by atoms with E-state index in [2.05, 4.69) is 10.1 Å². The van der Waals surface area contributed by atoms with Gasteiger partial charge in [-0.15, -0.1) is 0 Å². The second kappa shape index (κ2) is 8.36. The number of hydrogen-bond acceptors (Lipinski definition) is 5. The molecule has 0 aromatic heterocycles. The largest absolute Gasteiger partial charge is 0.467 e. The van der Waals surface area contributed by atoms with E-state index in [-0.39, 0.29) is 0 Å². The van der Waals surface area contributed by atoms with Gasteiger partial charge in [0.2, 0.25) is 0 Å². The van der Waals surface area contributed by atoms with Crippen molar-refractivity contribution in [3.8, 4) is 0 Å². The molecule has 6 nitrogen and oxygen atoms in total. The molecule has 0 bridgehead atoms. The van der Waals surface area contributed by atoms with Gasteiger partial charge in [0.25, 0.3) is 0 Å². The zero-order valence-electron chi connectivity index (χ0n) is 14.1. The summed E-state index contributed by atoms with van der Waals surface area (Å²) in [5.74, 6) is -0.343. The Morgan fingerprint density at radius 2 is 1.82 bits per heavy atom. The number of aliphatic hydroxyl groups is 1. The smallest absolute Gasteiger partial charge is 0.407 e. The van der Waals surface area contributed by atoms with Gasteiger partial charge in [-0.05, 0) is 33.1 Å². The van der Waals surface area contributed by atoms with Crippen LogP contribution in [0.25, 0.3) is 0 Å². The number of amides is 1. The second-order valence-electron chi connectivity index (χ2n) is 6.96. The summed E-state index contributed by atoms with van der Waals surface area (Å²) in [6, 6.07) is -0.689. The van der Waals surface area contributed by atoms with E-state index >= 15 is 0 Å². The summed E-state index contributed by atoms with van der Waals surface area (Å²) in [6.45, 7) is 5.29. The molecule has 1 saturated carbocycles. The molecule has 0 radical (unpaired) electrons. The van der Waals surface area contributed by atoms with Crippen LogP contribution in [0, 0.1) is 5.92 Å². The molecule has 1 aliphatic rings. The third-order valence-corrected chi connectivity index (χ3v) is 3.84. The summed E-state index contributed by atoms with van der Waals surface area (Å²) >= 11 is 0. The lowest BCUT2D eigenvalue weighted by Crippen LogP contribution is -2.49. The normalized spacial score (nSPS) is 19.1. The number of carbonyl (C=O) groups is 2. The van der Waals surface area contributed by atoms with Gasteiger partial charge in [-0.2, -0.15) is 0 Å². The first-order valence-electron chi connectivity index (χ1n) is 7.98. The first kappa shape index (κ1) is 18.7. The zero-order chi connectivity index (χ0) is 16.8. The fourth-order valence-electron chi connectivity index (χ4n) is 2.79. The highest BCUT2D eigenvalue weighted by atomic mass is 16.6. The SMILES string of the molecule is COC(=O)C(O)[C@@H](CC1CCCCC1)NC(=O)OC(C)(C)C. The summed E-state index contributed by atoms with van der Waals surface area (Å²) in [7, 11) is 1.22. The van der Waals surface area contributed by atoms with Crippen LogP contribution in [-0.2, 0) is 14.3 Å². The lowest BCUT2D eigenvalue weighted by atomic mass is 9.83. The van der Waals surface area contributed by atoms with Crippen LogP contribution < -0.4 is 5.32 Å². The van der Waals surface area contributed by atoms with Gasteiger partial charge >= 0.3 is 12.1 Å². The van der Waals surface area contributed by atoms with Crippen LogP contribution in [-0.4, -0.2) is 42.0 Å². The number of aliphatic hydroxyl groups excluding tert-OH is 1. The maximum absolute atomic E-state index is 11.9. The summed E-state index contributed by atoms with van der Waals surface area (Å²) in [5.41, 5.74) is -0.629. The molecule has 1 rings (SSSR count). The molecule has 0 saturated heterocycles. The molecule has 2 atom stereocenters. The zero-order valence-corrected chi connectivity index (χ0v) is 14.1. The Morgan fingerprint density at radius 1 is 1.23 bits per heavy atom. The van der Waals surface area contributed by atoms with E-state index in [1.165, 1.54) is 13.5 Å². The van der Waals surface area contributed by atoms with E-state index in [1.807, 2.05) is 0 Å². The molecule has 0 aliphatic heterocycles. The van der Waals surface area contributed by atoms with Crippen molar-refractivity contribution < 1.29 is 24.2 Å². The summed E-state index contributed by atoms with van der Waals surface area (Å²) in [4.78, 5) is 23.5. The van der Waals surface area contributed by atoms with Crippen LogP contribution in [0.2, 0.25) is 0 Å². The predicted molar refractivity (Wildman–Crippen MR) is 82.4 cm³/mol. The molecule has 1 unspecified atom stereocenters. The molecular weight excluding hydrogens is 286 g/mol. The average molecular weight is 315 g/mol. The first-order chi connectivity index (χ1) is 10.2. The van der Waals surface area contributed by atoms with Gasteiger partial charge in [-0.3, -0.25) is 0 Å². The van der Waals surface area contributed by atoms with Gasteiger partial charge in [0.1, 0.15) is 5.60 Å². The van der Waals surface area contributed by atoms with Crippen molar-refractivity contribution in [1.29, 1.82) is 0 Å². The van der Waals surface area contributed by atoms with Crippen molar-refractivity contribution in [2.24, 2.45) is 5.92 Å². The lowest BCUT2D eigenvalue weighted by Gasteiger charge is -2.30. The lowest BCUT2D eigenvalue weighted by molar-refractivity contribution is -0.152. The molecule has 22 heavy (non-hydrogen) atoms. The number of rotatable bonds is 5. The predicted octanol–water partition coefficient (Wildman–Crippen LogP) is 2.38. The maximum Gasteiger partial charge on any atom is 0.407 e. The molecule has 6 heteroatoms. The Bertz CT molecular complexity index is 371. The van der Waals surface area contributed by atoms with Crippen LogP contribution in [0.5, 0.6) is 0 Å². The molecule has 128 valence electrons. The number of ether oxygens (including phenoxy) is 2. The van der Waals surface area contributed by atoms with Crippen molar-refractivity contribution in [1.82, 2.24) is 5.32 Å². The number of nitrogens with one attached hydrogen (secondary N) is 1. The number of methoxy groups -OCH3 is 1. The van der Waals surface area contributed by atoms with Crippen molar-refractivity contribution >= 4 is 12.1 Å². The highest BCUT2D eigenvalue weighted by Crippen LogP contribution is 2.28.